The molecule has 0 aromatic heterocycles. The summed E-state index contributed by atoms with van der Waals surface area (Å²) in [4.78, 5) is 11.1. The van der Waals surface area contributed by atoms with Crippen LogP contribution in [0.4, 0.5) is 13.2 Å². The van der Waals surface area contributed by atoms with Gasteiger partial charge in [0, 0.05) is 11.6 Å². The first-order chi connectivity index (χ1) is 15.9. The van der Waals surface area contributed by atoms with Gasteiger partial charge in [-0.2, -0.15) is 17.5 Å². The third kappa shape index (κ3) is 5.78. The second kappa shape index (κ2) is 10.2. The minimum absolute atomic E-state index is 0.0237. The second-order valence-corrected chi connectivity index (χ2v) is 9.88. The minimum Gasteiger partial charge on any atom is -0.478 e. The van der Waals surface area contributed by atoms with Crippen molar-refractivity contribution in [2.45, 2.75) is 37.0 Å². The molecule has 0 saturated heterocycles. The number of halogens is 4. The van der Waals surface area contributed by atoms with Gasteiger partial charge in [0.2, 0.25) is 10.0 Å². The fourth-order valence-corrected chi connectivity index (χ4v) is 5.34. The predicted molar refractivity (Wildman–Crippen MR) is 122 cm³/mol. The lowest BCUT2D eigenvalue weighted by Gasteiger charge is -2.31. The summed E-state index contributed by atoms with van der Waals surface area (Å²) in [5, 5.41) is 9.47. The highest BCUT2D eigenvalue weighted by Crippen LogP contribution is 2.35. The molecule has 0 aliphatic carbocycles. The molecule has 0 aliphatic rings. The van der Waals surface area contributed by atoms with Crippen LogP contribution in [0.1, 0.15) is 46.4 Å². The van der Waals surface area contributed by atoms with Crippen LogP contribution in [-0.4, -0.2) is 23.8 Å². The molecule has 0 fully saturated rings. The van der Waals surface area contributed by atoms with E-state index in [1.807, 2.05) is 0 Å². The molecule has 0 aliphatic heterocycles. The van der Waals surface area contributed by atoms with Crippen LogP contribution in [0, 0.1) is 0 Å². The lowest BCUT2D eigenvalue weighted by Crippen LogP contribution is -2.34. The SMILES string of the molecule is CC[C@H](c1ccc(C(F)(F)F)cc1)N(Cc1ccc(C(=O)O)cc1)S(=O)(=O)c1ccc(Cl)cc1. The van der Waals surface area contributed by atoms with E-state index in [1.54, 1.807) is 6.92 Å². The number of alkyl halides is 3. The van der Waals surface area contributed by atoms with Crippen LogP contribution >= 0.6 is 11.6 Å². The Balaban J connectivity index is 2.06. The van der Waals surface area contributed by atoms with Crippen LogP contribution in [0.3, 0.4) is 0 Å². The van der Waals surface area contributed by atoms with Crippen molar-refractivity contribution in [1.29, 1.82) is 0 Å². The second-order valence-electron chi connectivity index (χ2n) is 7.55. The Kier molecular flexibility index (Phi) is 7.70. The van der Waals surface area contributed by atoms with Crippen LogP contribution in [-0.2, 0) is 22.7 Å². The monoisotopic (exact) mass is 511 g/mol. The number of carboxylic acids is 1. The lowest BCUT2D eigenvalue weighted by molar-refractivity contribution is -0.137. The van der Waals surface area contributed by atoms with E-state index < -0.39 is 33.8 Å². The van der Waals surface area contributed by atoms with Gasteiger partial charge in [-0.15, -0.1) is 0 Å². The number of benzene rings is 3. The molecular formula is C24H21ClF3NO4S. The van der Waals surface area contributed by atoms with Gasteiger partial charge >= 0.3 is 12.1 Å². The topological polar surface area (TPSA) is 74.7 Å². The van der Waals surface area contributed by atoms with Gasteiger partial charge in [-0.3, -0.25) is 0 Å². The van der Waals surface area contributed by atoms with E-state index in [1.165, 1.54) is 65.0 Å². The smallest absolute Gasteiger partial charge is 0.416 e. The highest BCUT2D eigenvalue weighted by molar-refractivity contribution is 7.89. The molecule has 0 amide bonds. The van der Waals surface area contributed by atoms with Crippen molar-refractivity contribution in [1.82, 2.24) is 4.31 Å². The van der Waals surface area contributed by atoms with Crippen molar-refractivity contribution < 1.29 is 31.5 Å². The zero-order chi connectivity index (χ0) is 25.1. The van der Waals surface area contributed by atoms with E-state index in [2.05, 4.69) is 0 Å². The fourth-order valence-electron chi connectivity index (χ4n) is 3.54. The molecule has 3 rings (SSSR count). The van der Waals surface area contributed by atoms with Gasteiger partial charge in [-0.25, -0.2) is 13.2 Å². The molecule has 180 valence electrons. The number of carbonyl (C=O) groups is 1. The van der Waals surface area contributed by atoms with Crippen LogP contribution in [0.2, 0.25) is 5.02 Å². The summed E-state index contributed by atoms with van der Waals surface area (Å²) in [6, 6.07) is 15.0. The van der Waals surface area contributed by atoms with Crippen molar-refractivity contribution in [3.05, 3.63) is 100 Å². The maximum absolute atomic E-state index is 13.6. The van der Waals surface area contributed by atoms with Crippen LogP contribution in [0.15, 0.2) is 77.7 Å². The summed E-state index contributed by atoms with van der Waals surface area (Å²) in [6.45, 7) is 1.62. The number of aromatic carboxylic acids is 1. The molecule has 1 N–H and O–H groups in total. The van der Waals surface area contributed by atoms with Crippen LogP contribution in [0.5, 0.6) is 0 Å². The highest BCUT2D eigenvalue weighted by atomic mass is 35.5. The van der Waals surface area contributed by atoms with Gasteiger partial charge in [0.15, 0.2) is 0 Å². The number of nitrogens with zero attached hydrogens (tertiary/aromatic N) is 1. The Morgan fingerprint density at radius 3 is 2.00 bits per heavy atom. The Morgan fingerprint density at radius 1 is 0.971 bits per heavy atom. The van der Waals surface area contributed by atoms with E-state index >= 15 is 0 Å². The molecule has 10 heteroatoms. The summed E-state index contributed by atoms with van der Waals surface area (Å²) >= 11 is 5.90. The summed E-state index contributed by atoms with van der Waals surface area (Å²) < 4.78 is 67.5. The quantitative estimate of drug-likeness (QED) is 0.380. The molecule has 5 nitrogen and oxygen atoms in total. The summed E-state index contributed by atoms with van der Waals surface area (Å²) in [5.41, 5.74) is 0.135. The summed E-state index contributed by atoms with van der Waals surface area (Å²) in [5.74, 6) is -1.12. The van der Waals surface area contributed by atoms with E-state index in [0.29, 0.717) is 16.1 Å². The fraction of sp³-hybridized carbons (Fsp3) is 0.208. The number of hydrogen-bond donors (Lipinski definition) is 1. The zero-order valence-electron chi connectivity index (χ0n) is 18.0. The molecular weight excluding hydrogens is 491 g/mol. The molecule has 3 aromatic rings. The first-order valence-corrected chi connectivity index (χ1v) is 12.0. The van der Waals surface area contributed by atoms with Gasteiger partial charge in [-0.1, -0.05) is 42.8 Å². The highest BCUT2D eigenvalue weighted by Gasteiger charge is 2.34. The van der Waals surface area contributed by atoms with Crippen LogP contribution < -0.4 is 0 Å². The maximum atomic E-state index is 13.6. The van der Waals surface area contributed by atoms with E-state index in [0.717, 1.165) is 12.1 Å². The Bertz CT molecular complexity index is 1240. The lowest BCUT2D eigenvalue weighted by atomic mass is 10.0. The molecule has 0 saturated carbocycles. The molecule has 0 spiro atoms. The molecule has 34 heavy (non-hydrogen) atoms. The standard InChI is InChI=1S/C24H21ClF3NO4S/c1-2-22(17-7-9-19(10-8-17)24(26,27)28)29(15-16-3-5-18(6-4-16)23(30)31)34(32,33)21-13-11-20(25)12-14-21/h3-14,22H,2,15H2,1H3,(H,30,31)/t22-/m1/s1. The van der Waals surface area contributed by atoms with Gasteiger partial charge in [0.25, 0.3) is 0 Å². The van der Waals surface area contributed by atoms with Crippen molar-refractivity contribution >= 4 is 27.6 Å². The molecule has 0 bridgehead atoms. The average Bonchev–Trinajstić information content (AvgIpc) is 2.79. The van der Waals surface area contributed by atoms with Crippen LogP contribution in [0.25, 0.3) is 0 Å². The number of sulfonamides is 1. The van der Waals surface area contributed by atoms with E-state index in [-0.39, 0.29) is 23.4 Å². The molecule has 0 unspecified atom stereocenters. The van der Waals surface area contributed by atoms with Crippen molar-refractivity contribution in [3.8, 4) is 0 Å². The number of carboxylic acid groups (broad SMARTS) is 1. The number of hydrogen-bond acceptors (Lipinski definition) is 3. The van der Waals surface area contributed by atoms with Crippen molar-refractivity contribution in [3.63, 3.8) is 0 Å². The van der Waals surface area contributed by atoms with Gasteiger partial charge < -0.3 is 5.11 Å². The maximum Gasteiger partial charge on any atom is 0.416 e. The largest absolute Gasteiger partial charge is 0.478 e. The Morgan fingerprint density at radius 2 is 1.53 bits per heavy atom. The van der Waals surface area contributed by atoms with Gasteiger partial charge in [0.1, 0.15) is 0 Å². The average molecular weight is 512 g/mol. The van der Waals surface area contributed by atoms with Gasteiger partial charge in [0.05, 0.1) is 22.1 Å². The molecule has 1 atom stereocenters. The molecule has 3 aromatic carbocycles. The Labute approximate surface area is 200 Å². The van der Waals surface area contributed by atoms with E-state index in [9.17, 15) is 26.4 Å². The first kappa shape index (κ1) is 25.7. The molecule has 0 radical (unpaired) electrons. The van der Waals surface area contributed by atoms with E-state index in [4.69, 9.17) is 16.7 Å². The van der Waals surface area contributed by atoms with Crippen molar-refractivity contribution in [2.24, 2.45) is 0 Å². The zero-order valence-corrected chi connectivity index (χ0v) is 19.5. The summed E-state index contributed by atoms with van der Waals surface area (Å²) in [6.07, 6.45) is -4.23. The van der Waals surface area contributed by atoms with Crippen molar-refractivity contribution in [2.75, 3.05) is 0 Å². The Hall–Kier alpha value is -2.88. The third-order valence-corrected chi connectivity index (χ3v) is 7.44. The minimum atomic E-state index is -4.51. The first-order valence-electron chi connectivity index (χ1n) is 10.2. The summed E-state index contributed by atoms with van der Waals surface area (Å²) in [7, 11) is -4.10. The predicted octanol–water partition coefficient (Wildman–Crippen LogP) is 6.40. The number of rotatable bonds is 8. The third-order valence-electron chi connectivity index (χ3n) is 5.32. The normalized spacial score (nSPS) is 13.1. The van der Waals surface area contributed by atoms with Gasteiger partial charge in [-0.05, 0) is 66.1 Å². The molecule has 0 heterocycles.